The van der Waals surface area contributed by atoms with Gasteiger partial charge in [-0.3, -0.25) is 14.5 Å². The summed E-state index contributed by atoms with van der Waals surface area (Å²) in [5, 5.41) is 2.89. The van der Waals surface area contributed by atoms with E-state index in [2.05, 4.69) is 10.1 Å². The molecule has 0 saturated heterocycles. The third-order valence-electron chi connectivity index (χ3n) is 5.78. The van der Waals surface area contributed by atoms with E-state index in [0.29, 0.717) is 29.8 Å². The summed E-state index contributed by atoms with van der Waals surface area (Å²) in [5.41, 5.74) is 0.711. The van der Waals surface area contributed by atoms with Crippen molar-refractivity contribution in [3.63, 3.8) is 0 Å². The molecule has 1 aliphatic heterocycles. The van der Waals surface area contributed by atoms with E-state index in [-0.39, 0.29) is 11.7 Å². The first-order valence-electron chi connectivity index (χ1n) is 10.5. The molecule has 0 atom stereocenters. The quantitative estimate of drug-likeness (QED) is 0.522. The first-order valence-corrected chi connectivity index (χ1v) is 10.5. The van der Waals surface area contributed by atoms with Crippen LogP contribution in [0.2, 0.25) is 0 Å². The van der Waals surface area contributed by atoms with Crippen LogP contribution in [0.4, 0.5) is 20.2 Å². The van der Waals surface area contributed by atoms with Crippen LogP contribution in [0, 0.1) is 0 Å². The number of nitrogens with zero attached hydrogens (tertiary/aromatic N) is 1. The van der Waals surface area contributed by atoms with Crippen LogP contribution >= 0.6 is 0 Å². The Bertz CT molecular complexity index is 1080. The van der Waals surface area contributed by atoms with E-state index in [1.165, 1.54) is 35.2 Å². The average Bonchev–Trinajstić information content (AvgIpc) is 3.28. The number of fused-ring (bicyclic) bond motifs is 1. The zero-order valence-corrected chi connectivity index (χ0v) is 17.6. The Balaban J connectivity index is 1.42. The van der Waals surface area contributed by atoms with Crippen LogP contribution in [0.3, 0.4) is 0 Å². The first-order chi connectivity index (χ1) is 15.9. The zero-order valence-electron chi connectivity index (χ0n) is 17.6. The number of rotatable bonds is 6. The molecule has 172 valence electrons. The largest absolute Gasteiger partial charge is 0.452 e. The van der Waals surface area contributed by atoms with Crippen LogP contribution in [0.15, 0.2) is 54.6 Å². The molecule has 0 unspecified atom stereocenters. The van der Waals surface area contributed by atoms with Gasteiger partial charge in [-0.25, -0.2) is 4.79 Å². The standard InChI is InChI=1S/C24H22F2N2O5/c25-23(26)33-17-10-7-16(8-11-17)9-12-21(30)32-15-20(29)28-19-6-2-1-5-18(19)27-22(31)24(28)13-3-4-14-24/h1-2,5-12,23H,3-4,13-15H2,(H,27,31)/b12-9+. The number of halogens is 2. The molecule has 1 heterocycles. The van der Waals surface area contributed by atoms with Crippen molar-refractivity contribution in [1.29, 1.82) is 0 Å². The van der Waals surface area contributed by atoms with Crippen molar-refractivity contribution in [3.8, 4) is 5.75 Å². The maximum Gasteiger partial charge on any atom is 0.387 e. The highest BCUT2D eigenvalue weighted by Crippen LogP contribution is 2.45. The van der Waals surface area contributed by atoms with E-state index < -0.39 is 30.6 Å². The van der Waals surface area contributed by atoms with Gasteiger partial charge in [-0.05, 0) is 48.7 Å². The number of esters is 1. The van der Waals surface area contributed by atoms with Gasteiger partial charge in [-0.2, -0.15) is 8.78 Å². The van der Waals surface area contributed by atoms with E-state index in [9.17, 15) is 23.2 Å². The molecule has 9 heteroatoms. The molecule has 33 heavy (non-hydrogen) atoms. The van der Waals surface area contributed by atoms with Crippen LogP contribution in [0.1, 0.15) is 31.2 Å². The Morgan fingerprint density at radius 2 is 1.79 bits per heavy atom. The van der Waals surface area contributed by atoms with Crippen LogP contribution in [0.5, 0.6) is 5.75 Å². The molecule has 2 aromatic rings. The normalized spacial score (nSPS) is 16.7. The van der Waals surface area contributed by atoms with Crippen molar-refractivity contribution in [1.82, 2.24) is 0 Å². The topological polar surface area (TPSA) is 84.9 Å². The van der Waals surface area contributed by atoms with Crippen LogP contribution in [-0.2, 0) is 19.1 Å². The van der Waals surface area contributed by atoms with Crippen LogP contribution < -0.4 is 15.0 Å². The molecule has 0 radical (unpaired) electrons. The Labute approximate surface area is 189 Å². The molecule has 2 aromatic carbocycles. The molecule has 2 amide bonds. The highest BCUT2D eigenvalue weighted by Gasteiger charge is 2.52. The molecule has 0 bridgehead atoms. The summed E-state index contributed by atoms with van der Waals surface area (Å²) in [4.78, 5) is 39.7. The Kier molecular flexibility index (Phi) is 6.39. The highest BCUT2D eigenvalue weighted by molar-refractivity contribution is 6.15. The molecule has 1 saturated carbocycles. The third kappa shape index (κ3) is 4.72. The molecule has 7 nitrogen and oxygen atoms in total. The van der Waals surface area contributed by atoms with Gasteiger partial charge in [0.25, 0.3) is 11.8 Å². The van der Waals surface area contributed by atoms with Crippen LogP contribution in [-0.4, -0.2) is 36.5 Å². The minimum atomic E-state index is -2.92. The number of hydrogen-bond donors (Lipinski definition) is 1. The summed E-state index contributed by atoms with van der Waals surface area (Å²) in [6.45, 7) is -3.44. The van der Waals surface area contributed by atoms with Crippen molar-refractivity contribution < 1.29 is 32.6 Å². The number of amides is 2. The van der Waals surface area contributed by atoms with Gasteiger partial charge in [0.1, 0.15) is 11.3 Å². The number of ether oxygens (including phenoxy) is 2. The van der Waals surface area contributed by atoms with Gasteiger partial charge in [-0.1, -0.05) is 37.1 Å². The van der Waals surface area contributed by atoms with Crippen molar-refractivity contribution in [2.75, 3.05) is 16.8 Å². The fourth-order valence-corrected chi connectivity index (χ4v) is 4.30. The predicted octanol–water partition coefficient (Wildman–Crippen LogP) is 4.14. The molecular formula is C24H22F2N2O5. The summed E-state index contributed by atoms with van der Waals surface area (Å²) < 4.78 is 33.8. The van der Waals surface area contributed by atoms with Gasteiger partial charge < -0.3 is 14.8 Å². The summed E-state index contributed by atoms with van der Waals surface area (Å²) >= 11 is 0. The lowest BCUT2D eigenvalue weighted by Crippen LogP contribution is -2.61. The highest BCUT2D eigenvalue weighted by atomic mass is 19.3. The fourth-order valence-electron chi connectivity index (χ4n) is 4.30. The predicted molar refractivity (Wildman–Crippen MR) is 117 cm³/mol. The van der Waals surface area contributed by atoms with Crippen molar-refractivity contribution in [2.24, 2.45) is 0 Å². The fraction of sp³-hybridized carbons (Fsp3) is 0.292. The Morgan fingerprint density at radius 3 is 2.48 bits per heavy atom. The summed E-state index contributed by atoms with van der Waals surface area (Å²) in [6, 6.07) is 12.7. The van der Waals surface area contributed by atoms with E-state index >= 15 is 0 Å². The van der Waals surface area contributed by atoms with E-state index in [0.717, 1.165) is 18.9 Å². The summed E-state index contributed by atoms with van der Waals surface area (Å²) in [7, 11) is 0. The number of carbonyl (C=O) groups is 3. The van der Waals surface area contributed by atoms with E-state index in [1.54, 1.807) is 24.3 Å². The molecule has 0 aromatic heterocycles. The second-order valence-electron chi connectivity index (χ2n) is 7.83. The number of alkyl halides is 2. The second kappa shape index (κ2) is 9.40. The average molecular weight is 456 g/mol. The van der Waals surface area contributed by atoms with Crippen molar-refractivity contribution in [2.45, 2.75) is 37.8 Å². The minimum Gasteiger partial charge on any atom is -0.452 e. The van der Waals surface area contributed by atoms with Crippen molar-refractivity contribution >= 4 is 35.2 Å². The van der Waals surface area contributed by atoms with Gasteiger partial charge >= 0.3 is 12.6 Å². The smallest absolute Gasteiger partial charge is 0.387 e. The number of para-hydroxylation sites is 2. The molecule has 4 rings (SSSR count). The Hall–Kier alpha value is -3.75. The van der Waals surface area contributed by atoms with Gasteiger partial charge in [-0.15, -0.1) is 0 Å². The van der Waals surface area contributed by atoms with E-state index in [4.69, 9.17) is 4.74 Å². The zero-order chi connectivity index (χ0) is 23.4. The minimum absolute atomic E-state index is 0.00187. The maximum absolute atomic E-state index is 13.1. The van der Waals surface area contributed by atoms with Crippen LogP contribution in [0.25, 0.3) is 6.08 Å². The number of benzene rings is 2. The maximum atomic E-state index is 13.1. The number of nitrogens with one attached hydrogen (secondary N) is 1. The molecule has 1 spiro atoms. The number of anilines is 2. The van der Waals surface area contributed by atoms with Gasteiger partial charge in [0.05, 0.1) is 11.4 Å². The number of carbonyl (C=O) groups excluding carboxylic acids is 3. The molecular weight excluding hydrogens is 434 g/mol. The molecule has 1 aliphatic carbocycles. The summed E-state index contributed by atoms with van der Waals surface area (Å²) in [5.74, 6) is -1.44. The van der Waals surface area contributed by atoms with Gasteiger partial charge in [0.2, 0.25) is 0 Å². The molecule has 1 fully saturated rings. The lowest BCUT2D eigenvalue weighted by molar-refractivity contribution is -0.143. The summed E-state index contributed by atoms with van der Waals surface area (Å²) in [6.07, 6.45) is 5.29. The third-order valence-corrected chi connectivity index (χ3v) is 5.78. The van der Waals surface area contributed by atoms with Gasteiger partial charge in [0, 0.05) is 6.08 Å². The van der Waals surface area contributed by atoms with Gasteiger partial charge in [0.15, 0.2) is 6.61 Å². The molecule has 2 aliphatic rings. The lowest BCUT2D eigenvalue weighted by atomic mass is 9.90. The van der Waals surface area contributed by atoms with E-state index in [1.807, 2.05) is 0 Å². The lowest BCUT2D eigenvalue weighted by Gasteiger charge is -2.44. The number of hydrogen-bond acceptors (Lipinski definition) is 5. The molecule has 1 N–H and O–H groups in total. The SMILES string of the molecule is O=C(/C=C/c1ccc(OC(F)F)cc1)OCC(=O)N1c2ccccc2NC(=O)C12CCCC2. The second-order valence-corrected chi connectivity index (χ2v) is 7.83. The Morgan fingerprint density at radius 1 is 1.09 bits per heavy atom. The monoisotopic (exact) mass is 456 g/mol. The van der Waals surface area contributed by atoms with Crippen molar-refractivity contribution in [3.05, 3.63) is 60.2 Å². The first kappa shape index (κ1) is 22.4.